The van der Waals surface area contributed by atoms with Crippen LogP contribution < -0.4 is 9.46 Å². The molecule has 1 atom stereocenters. The third-order valence-electron chi connectivity index (χ3n) is 4.66. The average Bonchev–Trinajstić information content (AvgIpc) is 2.80. The van der Waals surface area contributed by atoms with Gasteiger partial charge in [-0.3, -0.25) is 4.79 Å². The number of aromatic nitrogens is 1. The molecule has 0 radical (unpaired) electrons. The predicted octanol–water partition coefficient (Wildman–Crippen LogP) is 4.79. The number of carbonyl (C=O) groups excluding carboxylic acids is 1. The molecule has 0 saturated heterocycles. The van der Waals surface area contributed by atoms with Crippen LogP contribution in [0.3, 0.4) is 0 Å². The molecule has 8 heteroatoms. The Morgan fingerprint density at radius 3 is 2.78 bits per heavy atom. The molecule has 1 aliphatic heterocycles. The lowest BCUT2D eigenvalue weighted by Crippen LogP contribution is -2.22. The molecule has 4 rings (SSSR count). The Bertz CT molecular complexity index is 1330. The van der Waals surface area contributed by atoms with Gasteiger partial charge in [0, 0.05) is 29.8 Å². The first-order valence-corrected chi connectivity index (χ1v) is 11.0. The lowest BCUT2D eigenvalue weighted by molar-refractivity contribution is 0.104. The highest BCUT2D eigenvalue weighted by atomic mass is 35.5. The van der Waals surface area contributed by atoms with Crippen molar-refractivity contribution >= 4 is 40.1 Å². The number of Topliss-reactive ketones (excluding diaryl/α,β-unsaturated/α-hetero) is 1. The lowest BCUT2D eigenvalue weighted by atomic mass is 10.0. The van der Waals surface area contributed by atoms with Crippen molar-refractivity contribution in [3.8, 4) is 17.7 Å². The molecule has 3 aromatic rings. The summed E-state index contributed by atoms with van der Waals surface area (Å²) in [5.41, 5.74) is 2.77. The second-order valence-electron chi connectivity index (χ2n) is 6.83. The number of nitrogens with zero attached hydrogens (tertiary/aromatic N) is 1. The highest BCUT2D eigenvalue weighted by Gasteiger charge is 2.27. The molecule has 2 aromatic carbocycles. The van der Waals surface area contributed by atoms with Crippen LogP contribution in [0.1, 0.15) is 27.0 Å². The monoisotopic (exact) mass is 466 g/mol. The number of methoxy groups -OCH3 is 1. The van der Waals surface area contributed by atoms with Gasteiger partial charge in [-0.25, -0.2) is 13.6 Å². The summed E-state index contributed by atoms with van der Waals surface area (Å²) in [6.45, 7) is 0. The number of carbonyl (C=O) groups is 1. The van der Waals surface area contributed by atoms with E-state index < -0.39 is 22.6 Å². The summed E-state index contributed by atoms with van der Waals surface area (Å²) in [6, 6.07) is 12.8. The van der Waals surface area contributed by atoms with Crippen LogP contribution in [0.2, 0.25) is 5.02 Å². The maximum atomic E-state index is 13.7. The van der Waals surface area contributed by atoms with E-state index in [4.69, 9.17) is 16.3 Å². The van der Waals surface area contributed by atoms with Crippen LogP contribution in [0.5, 0.6) is 5.88 Å². The van der Waals surface area contributed by atoms with Gasteiger partial charge >= 0.3 is 0 Å². The van der Waals surface area contributed by atoms with E-state index in [9.17, 15) is 13.4 Å². The standard InChI is InChI=1S/C24H16ClFN2O3S/c1-31-23-10-7-16(14-27-23)4-2-3-15-6-9-21-18(11-15)24(29)22(32(30)28-21)13-17-5-8-19(25)20(26)12-17/h5-14,28H,4H2,1H3. The van der Waals surface area contributed by atoms with Crippen LogP contribution in [0.4, 0.5) is 10.1 Å². The Morgan fingerprint density at radius 2 is 2.06 bits per heavy atom. The number of nitrogens with one attached hydrogen (secondary N) is 1. The largest absolute Gasteiger partial charge is 0.481 e. The molecule has 1 unspecified atom stereocenters. The van der Waals surface area contributed by atoms with Crippen molar-refractivity contribution in [2.75, 3.05) is 11.8 Å². The molecular weight excluding hydrogens is 451 g/mol. The van der Waals surface area contributed by atoms with Crippen molar-refractivity contribution < 1.29 is 18.1 Å². The van der Waals surface area contributed by atoms with E-state index >= 15 is 0 Å². The van der Waals surface area contributed by atoms with E-state index in [0.717, 1.165) is 5.56 Å². The topological polar surface area (TPSA) is 68.3 Å². The minimum Gasteiger partial charge on any atom is -0.481 e. The van der Waals surface area contributed by atoms with Crippen molar-refractivity contribution in [2.24, 2.45) is 0 Å². The number of rotatable bonds is 3. The van der Waals surface area contributed by atoms with Crippen molar-refractivity contribution in [3.63, 3.8) is 0 Å². The number of ether oxygens (including phenoxy) is 1. The van der Waals surface area contributed by atoms with Crippen LogP contribution in [0.25, 0.3) is 6.08 Å². The van der Waals surface area contributed by atoms with E-state index in [1.807, 2.05) is 6.07 Å². The SMILES string of the molecule is COc1ccc(CC#Cc2ccc3c(c2)C(=O)C(=Cc2ccc(Cl)c(F)c2)S(=O)N3)cn1. The molecule has 0 saturated carbocycles. The van der Waals surface area contributed by atoms with E-state index in [1.165, 1.54) is 18.2 Å². The first-order valence-electron chi connectivity index (χ1n) is 9.46. The molecule has 0 amide bonds. The smallest absolute Gasteiger partial charge is 0.212 e. The lowest BCUT2D eigenvalue weighted by Gasteiger charge is -2.19. The fourth-order valence-corrected chi connectivity index (χ4v) is 4.15. The number of ketones is 1. The zero-order valence-electron chi connectivity index (χ0n) is 16.8. The number of halogens is 2. The van der Waals surface area contributed by atoms with Crippen LogP contribution in [-0.4, -0.2) is 22.1 Å². The van der Waals surface area contributed by atoms with Gasteiger partial charge in [-0.2, -0.15) is 0 Å². The Balaban J connectivity index is 1.58. The highest BCUT2D eigenvalue weighted by Crippen LogP contribution is 2.30. The highest BCUT2D eigenvalue weighted by molar-refractivity contribution is 7.91. The summed E-state index contributed by atoms with van der Waals surface area (Å²) in [4.78, 5) is 17.2. The molecule has 5 nitrogen and oxygen atoms in total. The first kappa shape index (κ1) is 21.8. The van der Waals surface area contributed by atoms with E-state index in [2.05, 4.69) is 21.5 Å². The second-order valence-corrected chi connectivity index (χ2v) is 8.42. The molecule has 0 bridgehead atoms. The summed E-state index contributed by atoms with van der Waals surface area (Å²) in [6.07, 6.45) is 3.57. The van der Waals surface area contributed by atoms with E-state index in [-0.39, 0.29) is 9.93 Å². The number of pyridine rings is 1. The Hall–Kier alpha value is -3.47. The Kier molecular flexibility index (Phi) is 6.35. The summed E-state index contributed by atoms with van der Waals surface area (Å²) >= 11 is 5.70. The molecule has 160 valence electrons. The average molecular weight is 467 g/mol. The first-order chi connectivity index (χ1) is 15.4. The van der Waals surface area contributed by atoms with Crippen molar-refractivity contribution in [1.82, 2.24) is 4.98 Å². The number of allylic oxidation sites excluding steroid dienone is 1. The second kappa shape index (κ2) is 9.35. The van der Waals surface area contributed by atoms with E-state index in [0.29, 0.717) is 34.7 Å². The molecule has 2 heterocycles. The van der Waals surface area contributed by atoms with Crippen LogP contribution in [0, 0.1) is 17.7 Å². The summed E-state index contributed by atoms with van der Waals surface area (Å²) in [5.74, 6) is 5.60. The van der Waals surface area contributed by atoms with Crippen LogP contribution in [-0.2, 0) is 17.4 Å². The number of anilines is 1. The maximum Gasteiger partial charge on any atom is 0.212 e. The molecule has 0 fully saturated rings. The van der Waals surface area contributed by atoms with Gasteiger partial charge in [0.25, 0.3) is 0 Å². The third kappa shape index (κ3) is 4.72. The van der Waals surface area contributed by atoms with Gasteiger partial charge in [0.1, 0.15) is 10.7 Å². The summed E-state index contributed by atoms with van der Waals surface area (Å²) in [5, 5.41) is -0.0275. The number of hydrogen-bond donors (Lipinski definition) is 1. The summed E-state index contributed by atoms with van der Waals surface area (Å²) < 4.78 is 34.1. The normalized spacial score (nSPS) is 16.0. The van der Waals surface area contributed by atoms with Gasteiger partial charge in [-0.05, 0) is 47.5 Å². The van der Waals surface area contributed by atoms with Crippen LogP contribution in [0.15, 0.2) is 59.6 Å². The van der Waals surface area contributed by atoms with Gasteiger partial charge in [0.05, 0.1) is 17.8 Å². The minimum atomic E-state index is -1.77. The van der Waals surface area contributed by atoms with Gasteiger partial charge in [-0.15, -0.1) is 0 Å². The fraction of sp³-hybridized carbons (Fsp3) is 0.0833. The number of hydrogen-bond acceptors (Lipinski definition) is 4. The third-order valence-corrected chi connectivity index (χ3v) is 6.08. The molecular formula is C24H16ClFN2O3S. The van der Waals surface area contributed by atoms with Gasteiger partial charge in [0.2, 0.25) is 11.7 Å². The maximum absolute atomic E-state index is 13.7. The molecule has 1 aromatic heterocycles. The number of benzene rings is 2. The predicted molar refractivity (Wildman–Crippen MR) is 123 cm³/mol. The molecule has 1 N–H and O–H groups in total. The van der Waals surface area contributed by atoms with E-state index in [1.54, 1.807) is 43.6 Å². The van der Waals surface area contributed by atoms with Crippen molar-refractivity contribution in [3.05, 3.63) is 92.7 Å². The number of fused-ring (bicyclic) bond motifs is 1. The quantitative estimate of drug-likeness (QED) is 0.445. The zero-order chi connectivity index (χ0) is 22.7. The molecule has 1 aliphatic rings. The van der Waals surface area contributed by atoms with Gasteiger partial charge < -0.3 is 9.46 Å². The summed E-state index contributed by atoms with van der Waals surface area (Å²) in [7, 11) is -0.215. The molecule has 32 heavy (non-hydrogen) atoms. The Morgan fingerprint density at radius 1 is 1.22 bits per heavy atom. The van der Waals surface area contributed by atoms with Crippen molar-refractivity contribution in [1.29, 1.82) is 0 Å². The van der Waals surface area contributed by atoms with Crippen molar-refractivity contribution in [2.45, 2.75) is 6.42 Å². The van der Waals surface area contributed by atoms with Gasteiger partial charge in [-0.1, -0.05) is 35.6 Å². The Labute approximate surface area is 191 Å². The fourth-order valence-electron chi connectivity index (χ4n) is 3.03. The minimum absolute atomic E-state index is 0.0219. The molecule has 0 spiro atoms. The zero-order valence-corrected chi connectivity index (χ0v) is 18.4. The van der Waals surface area contributed by atoms with Gasteiger partial charge in [0.15, 0.2) is 11.0 Å². The van der Waals surface area contributed by atoms with Crippen LogP contribution >= 0.6 is 11.6 Å². The molecule has 0 aliphatic carbocycles.